The smallest absolute Gasteiger partial charge is 0.260 e. The monoisotopic (exact) mass is 419 g/mol. The van der Waals surface area contributed by atoms with Crippen LogP contribution in [0.5, 0.6) is 0 Å². The Hall–Kier alpha value is -1.50. The standard InChI is InChI=1S/C21H26ClN3O2S/c1-15-19(20(23-27-15)17-7-2-3-8-18(17)22)21(26)25-11-6-12-28-14-16(25)13-24-9-4-5-10-24/h2-3,7-8,16H,4-6,9-14H2,1H3. The third-order valence-corrected chi connectivity index (χ3v) is 7.10. The minimum atomic E-state index is 0.0142. The zero-order valence-corrected chi connectivity index (χ0v) is 17.8. The topological polar surface area (TPSA) is 49.6 Å². The molecule has 2 aromatic rings. The molecule has 2 saturated heterocycles. The number of hydrogen-bond donors (Lipinski definition) is 0. The predicted octanol–water partition coefficient (Wildman–Crippen LogP) is 4.35. The number of likely N-dealkylation sites (tertiary alicyclic amines) is 1. The van der Waals surface area contributed by atoms with E-state index in [0.717, 1.165) is 49.7 Å². The van der Waals surface area contributed by atoms with Crippen molar-refractivity contribution in [1.29, 1.82) is 0 Å². The summed E-state index contributed by atoms with van der Waals surface area (Å²) < 4.78 is 5.45. The van der Waals surface area contributed by atoms with Crippen molar-refractivity contribution < 1.29 is 9.32 Å². The van der Waals surface area contributed by atoms with Crippen molar-refractivity contribution in [3.8, 4) is 11.3 Å². The molecule has 28 heavy (non-hydrogen) atoms. The van der Waals surface area contributed by atoms with Gasteiger partial charge in [0, 0.05) is 24.4 Å². The zero-order chi connectivity index (χ0) is 19.5. The molecule has 0 saturated carbocycles. The van der Waals surface area contributed by atoms with Gasteiger partial charge in [-0.3, -0.25) is 4.79 Å². The zero-order valence-electron chi connectivity index (χ0n) is 16.2. The van der Waals surface area contributed by atoms with E-state index in [1.54, 1.807) is 0 Å². The molecule has 1 unspecified atom stereocenters. The molecule has 0 N–H and O–H groups in total. The highest BCUT2D eigenvalue weighted by Gasteiger charge is 2.33. The quantitative estimate of drug-likeness (QED) is 0.737. The molecule has 0 radical (unpaired) electrons. The fourth-order valence-corrected chi connectivity index (χ4v) is 5.40. The molecule has 0 aliphatic carbocycles. The van der Waals surface area contributed by atoms with Gasteiger partial charge >= 0.3 is 0 Å². The van der Waals surface area contributed by atoms with Gasteiger partial charge in [-0.15, -0.1) is 0 Å². The second-order valence-electron chi connectivity index (χ2n) is 7.53. The van der Waals surface area contributed by atoms with Gasteiger partial charge < -0.3 is 14.3 Å². The van der Waals surface area contributed by atoms with Gasteiger partial charge in [0.15, 0.2) is 0 Å². The van der Waals surface area contributed by atoms with Crippen LogP contribution in [0.4, 0.5) is 0 Å². The van der Waals surface area contributed by atoms with Crippen molar-refractivity contribution in [2.45, 2.75) is 32.2 Å². The van der Waals surface area contributed by atoms with E-state index in [1.165, 1.54) is 12.8 Å². The average Bonchev–Trinajstić information content (AvgIpc) is 3.27. The van der Waals surface area contributed by atoms with Crippen LogP contribution in [0.3, 0.4) is 0 Å². The Morgan fingerprint density at radius 2 is 2.04 bits per heavy atom. The third kappa shape index (κ3) is 4.09. The molecule has 0 bridgehead atoms. The van der Waals surface area contributed by atoms with Gasteiger partial charge in [0.1, 0.15) is 17.0 Å². The van der Waals surface area contributed by atoms with E-state index in [9.17, 15) is 4.79 Å². The van der Waals surface area contributed by atoms with E-state index in [-0.39, 0.29) is 11.9 Å². The Kier molecular flexibility index (Phi) is 6.28. The van der Waals surface area contributed by atoms with Gasteiger partial charge in [0.25, 0.3) is 5.91 Å². The van der Waals surface area contributed by atoms with Crippen LogP contribution < -0.4 is 0 Å². The van der Waals surface area contributed by atoms with Crippen molar-refractivity contribution in [3.05, 3.63) is 40.6 Å². The molecule has 150 valence electrons. The van der Waals surface area contributed by atoms with E-state index >= 15 is 0 Å². The summed E-state index contributed by atoms with van der Waals surface area (Å²) in [7, 11) is 0. The minimum absolute atomic E-state index is 0.0142. The first kappa shape index (κ1) is 19.8. The maximum Gasteiger partial charge on any atom is 0.260 e. The Morgan fingerprint density at radius 3 is 2.82 bits per heavy atom. The second kappa shape index (κ2) is 8.89. The van der Waals surface area contributed by atoms with Crippen molar-refractivity contribution >= 4 is 29.3 Å². The molecule has 7 heteroatoms. The lowest BCUT2D eigenvalue weighted by Gasteiger charge is -2.32. The van der Waals surface area contributed by atoms with Crippen LogP contribution in [0.1, 0.15) is 35.4 Å². The number of rotatable bonds is 4. The van der Waals surface area contributed by atoms with E-state index in [1.807, 2.05) is 43.0 Å². The number of aromatic nitrogens is 1. The van der Waals surface area contributed by atoms with Gasteiger partial charge in [-0.1, -0.05) is 35.0 Å². The lowest BCUT2D eigenvalue weighted by molar-refractivity contribution is 0.0665. The maximum atomic E-state index is 13.7. The molecular formula is C21H26ClN3O2S. The molecule has 2 fully saturated rings. The Balaban J connectivity index is 1.65. The van der Waals surface area contributed by atoms with Gasteiger partial charge in [-0.25, -0.2) is 0 Å². The van der Waals surface area contributed by atoms with Crippen LogP contribution >= 0.6 is 23.4 Å². The molecular weight excluding hydrogens is 394 g/mol. The number of hydrogen-bond acceptors (Lipinski definition) is 5. The number of amides is 1. The summed E-state index contributed by atoms with van der Waals surface area (Å²) in [6.07, 6.45) is 3.53. The summed E-state index contributed by atoms with van der Waals surface area (Å²) in [5.74, 6) is 2.64. The molecule has 0 spiro atoms. The van der Waals surface area contributed by atoms with Crippen molar-refractivity contribution in [3.63, 3.8) is 0 Å². The molecule has 5 nitrogen and oxygen atoms in total. The predicted molar refractivity (Wildman–Crippen MR) is 114 cm³/mol. The molecule has 1 atom stereocenters. The Labute approximate surface area is 175 Å². The highest BCUT2D eigenvalue weighted by molar-refractivity contribution is 7.99. The fourth-order valence-electron chi connectivity index (χ4n) is 4.12. The summed E-state index contributed by atoms with van der Waals surface area (Å²) >= 11 is 8.33. The number of carbonyl (C=O) groups excluding carboxylic acids is 1. The largest absolute Gasteiger partial charge is 0.360 e. The minimum Gasteiger partial charge on any atom is -0.360 e. The van der Waals surface area contributed by atoms with Gasteiger partial charge in [-0.05, 0) is 51.1 Å². The summed E-state index contributed by atoms with van der Waals surface area (Å²) in [5.41, 5.74) is 1.83. The van der Waals surface area contributed by atoms with Crippen LogP contribution in [0.25, 0.3) is 11.3 Å². The Bertz CT molecular complexity index is 835. The molecule has 1 amide bonds. The van der Waals surface area contributed by atoms with E-state index in [2.05, 4.69) is 15.0 Å². The number of nitrogens with zero attached hydrogens (tertiary/aromatic N) is 3. The Morgan fingerprint density at radius 1 is 1.25 bits per heavy atom. The molecule has 2 aliphatic rings. The second-order valence-corrected chi connectivity index (χ2v) is 9.09. The first-order chi connectivity index (χ1) is 13.6. The summed E-state index contributed by atoms with van der Waals surface area (Å²) in [6, 6.07) is 7.69. The number of thioether (sulfide) groups is 1. The summed E-state index contributed by atoms with van der Waals surface area (Å²) in [4.78, 5) is 18.2. The molecule has 2 aliphatic heterocycles. The SMILES string of the molecule is Cc1onc(-c2ccccc2Cl)c1C(=O)N1CCCSCC1CN1CCCC1. The van der Waals surface area contributed by atoms with Crippen LogP contribution in [-0.2, 0) is 0 Å². The van der Waals surface area contributed by atoms with E-state index in [4.69, 9.17) is 16.1 Å². The first-order valence-corrected chi connectivity index (χ1v) is 11.5. The lowest BCUT2D eigenvalue weighted by Crippen LogP contribution is -2.47. The van der Waals surface area contributed by atoms with Gasteiger partial charge in [0.05, 0.1) is 11.1 Å². The first-order valence-electron chi connectivity index (χ1n) is 9.97. The number of carbonyl (C=O) groups is 1. The summed E-state index contributed by atoms with van der Waals surface area (Å²) in [6.45, 7) is 5.81. The highest BCUT2D eigenvalue weighted by atomic mass is 35.5. The number of halogens is 1. The normalized spacial score (nSPS) is 21.1. The lowest BCUT2D eigenvalue weighted by atomic mass is 10.0. The number of aryl methyl sites for hydroxylation is 1. The van der Waals surface area contributed by atoms with Gasteiger partial charge in [-0.2, -0.15) is 11.8 Å². The van der Waals surface area contributed by atoms with Crippen LogP contribution in [0.2, 0.25) is 5.02 Å². The van der Waals surface area contributed by atoms with Gasteiger partial charge in [0.2, 0.25) is 0 Å². The van der Waals surface area contributed by atoms with Crippen LogP contribution in [0, 0.1) is 6.92 Å². The highest BCUT2D eigenvalue weighted by Crippen LogP contribution is 2.33. The van der Waals surface area contributed by atoms with Crippen molar-refractivity contribution in [2.75, 3.05) is 37.7 Å². The van der Waals surface area contributed by atoms with E-state index < -0.39 is 0 Å². The van der Waals surface area contributed by atoms with E-state index in [0.29, 0.717) is 22.0 Å². The average molecular weight is 420 g/mol. The van der Waals surface area contributed by atoms with Crippen molar-refractivity contribution in [2.24, 2.45) is 0 Å². The summed E-state index contributed by atoms with van der Waals surface area (Å²) in [5, 5.41) is 4.77. The fraction of sp³-hybridized carbons (Fsp3) is 0.524. The van der Waals surface area contributed by atoms with Crippen molar-refractivity contribution in [1.82, 2.24) is 15.0 Å². The molecule has 4 rings (SSSR count). The number of benzene rings is 1. The van der Waals surface area contributed by atoms with Crippen LogP contribution in [0.15, 0.2) is 28.8 Å². The van der Waals surface area contributed by atoms with Crippen LogP contribution in [-0.4, -0.2) is 64.6 Å². The third-order valence-electron chi connectivity index (χ3n) is 5.57. The molecule has 3 heterocycles. The molecule has 1 aromatic heterocycles. The maximum absolute atomic E-state index is 13.7. The molecule has 1 aromatic carbocycles.